The van der Waals surface area contributed by atoms with Crippen LogP contribution in [-0.2, 0) is 7.05 Å². The molecule has 0 fully saturated rings. The van der Waals surface area contributed by atoms with Gasteiger partial charge in [-0.25, -0.2) is 13.8 Å². The topological polar surface area (TPSA) is 50.9 Å². The Hall–Kier alpha value is -2.12. The standard InChI is InChI=1S/C14H11F2N3OS/c1-19-6-9(5-17-19)12-7-21-14(18-12)13(20)8-2-3-10(15)11(16)4-8/h2-7,13,20H,1H3. The van der Waals surface area contributed by atoms with Gasteiger partial charge in [0.25, 0.3) is 0 Å². The molecule has 2 aromatic heterocycles. The molecule has 2 heterocycles. The van der Waals surface area contributed by atoms with E-state index in [-0.39, 0.29) is 5.56 Å². The molecule has 3 rings (SSSR count). The van der Waals surface area contributed by atoms with Gasteiger partial charge in [0.05, 0.1) is 11.9 Å². The number of halogens is 2. The molecule has 0 aliphatic heterocycles. The predicted octanol–water partition coefficient (Wildman–Crippen LogP) is 2.90. The van der Waals surface area contributed by atoms with Crippen molar-refractivity contribution in [3.05, 3.63) is 58.2 Å². The van der Waals surface area contributed by atoms with Crippen molar-refractivity contribution >= 4 is 11.3 Å². The van der Waals surface area contributed by atoms with Crippen molar-refractivity contribution in [1.29, 1.82) is 0 Å². The molecule has 1 N–H and O–H groups in total. The van der Waals surface area contributed by atoms with E-state index >= 15 is 0 Å². The van der Waals surface area contributed by atoms with E-state index in [1.54, 1.807) is 23.3 Å². The van der Waals surface area contributed by atoms with Gasteiger partial charge in [0.2, 0.25) is 0 Å². The second kappa shape index (κ2) is 5.34. The summed E-state index contributed by atoms with van der Waals surface area (Å²) in [6.45, 7) is 0. The van der Waals surface area contributed by atoms with Gasteiger partial charge in [0.15, 0.2) is 11.6 Å². The minimum absolute atomic E-state index is 0.265. The van der Waals surface area contributed by atoms with Crippen molar-refractivity contribution in [2.45, 2.75) is 6.10 Å². The zero-order valence-corrected chi connectivity index (χ0v) is 11.8. The largest absolute Gasteiger partial charge is 0.381 e. The van der Waals surface area contributed by atoms with Gasteiger partial charge in [-0.05, 0) is 17.7 Å². The lowest BCUT2D eigenvalue weighted by Gasteiger charge is -2.07. The monoisotopic (exact) mass is 307 g/mol. The number of thiazole rings is 1. The normalized spacial score (nSPS) is 12.6. The lowest BCUT2D eigenvalue weighted by molar-refractivity contribution is 0.219. The molecule has 108 valence electrons. The molecule has 1 aromatic carbocycles. The Bertz CT molecular complexity index is 784. The van der Waals surface area contributed by atoms with Crippen LogP contribution in [0.5, 0.6) is 0 Å². The van der Waals surface area contributed by atoms with Crippen LogP contribution in [0.3, 0.4) is 0 Å². The van der Waals surface area contributed by atoms with E-state index < -0.39 is 17.7 Å². The average Bonchev–Trinajstić information content (AvgIpc) is 3.09. The molecule has 0 aliphatic carbocycles. The second-order valence-electron chi connectivity index (χ2n) is 4.55. The van der Waals surface area contributed by atoms with Gasteiger partial charge in [-0.15, -0.1) is 11.3 Å². The highest BCUT2D eigenvalue weighted by Gasteiger charge is 2.17. The second-order valence-corrected chi connectivity index (χ2v) is 5.44. The molecule has 21 heavy (non-hydrogen) atoms. The molecule has 1 atom stereocenters. The van der Waals surface area contributed by atoms with Gasteiger partial charge in [0.1, 0.15) is 11.1 Å². The van der Waals surface area contributed by atoms with Crippen LogP contribution in [0.1, 0.15) is 16.7 Å². The zero-order chi connectivity index (χ0) is 15.0. The van der Waals surface area contributed by atoms with Crippen molar-refractivity contribution in [2.75, 3.05) is 0 Å². The van der Waals surface area contributed by atoms with Gasteiger partial charge in [-0.3, -0.25) is 4.68 Å². The highest BCUT2D eigenvalue weighted by Crippen LogP contribution is 2.29. The number of hydrogen-bond acceptors (Lipinski definition) is 4. The van der Waals surface area contributed by atoms with Crippen molar-refractivity contribution in [2.24, 2.45) is 7.05 Å². The number of aliphatic hydroxyl groups is 1. The summed E-state index contributed by atoms with van der Waals surface area (Å²) in [7, 11) is 1.80. The van der Waals surface area contributed by atoms with Gasteiger partial charge >= 0.3 is 0 Å². The third-order valence-electron chi connectivity index (χ3n) is 3.02. The summed E-state index contributed by atoms with van der Waals surface area (Å²) in [5, 5.41) is 16.5. The van der Waals surface area contributed by atoms with Crippen LogP contribution in [0.2, 0.25) is 0 Å². The van der Waals surface area contributed by atoms with E-state index in [1.807, 2.05) is 6.20 Å². The molecule has 0 saturated carbocycles. The Balaban J connectivity index is 1.90. The lowest BCUT2D eigenvalue weighted by atomic mass is 10.1. The van der Waals surface area contributed by atoms with Crippen molar-refractivity contribution in [1.82, 2.24) is 14.8 Å². The fourth-order valence-corrected chi connectivity index (χ4v) is 2.76. The Morgan fingerprint density at radius 1 is 1.29 bits per heavy atom. The van der Waals surface area contributed by atoms with E-state index in [2.05, 4.69) is 10.1 Å². The number of aromatic nitrogens is 3. The first-order chi connectivity index (χ1) is 10.0. The van der Waals surface area contributed by atoms with E-state index in [9.17, 15) is 13.9 Å². The van der Waals surface area contributed by atoms with Crippen LogP contribution in [0.25, 0.3) is 11.3 Å². The number of aliphatic hydroxyl groups excluding tert-OH is 1. The molecular weight excluding hydrogens is 296 g/mol. The highest BCUT2D eigenvalue weighted by atomic mass is 32.1. The maximum Gasteiger partial charge on any atom is 0.159 e. The smallest absolute Gasteiger partial charge is 0.159 e. The first kappa shape index (κ1) is 13.8. The minimum atomic E-state index is -1.09. The first-order valence-electron chi connectivity index (χ1n) is 6.12. The Morgan fingerprint density at radius 2 is 2.10 bits per heavy atom. The average molecular weight is 307 g/mol. The SMILES string of the molecule is Cn1cc(-c2csc(C(O)c3ccc(F)c(F)c3)n2)cn1. The summed E-state index contributed by atoms with van der Waals surface area (Å²) in [6, 6.07) is 3.31. The molecule has 0 radical (unpaired) electrons. The Morgan fingerprint density at radius 3 is 2.76 bits per heavy atom. The fourth-order valence-electron chi connectivity index (χ4n) is 1.92. The van der Waals surface area contributed by atoms with Crippen LogP contribution in [0.4, 0.5) is 8.78 Å². The molecule has 0 saturated heterocycles. The Kier molecular flexibility index (Phi) is 3.52. The summed E-state index contributed by atoms with van der Waals surface area (Å²) in [4.78, 5) is 4.32. The van der Waals surface area contributed by atoms with Gasteiger partial charge in [-0.2, -0.15) is 5.10 Å². The highest BCUT2D eigenvalue weighted by molar-refractivity contribution is 7.10. The van der Waals surface area contributed by atoms with Crippen molar-refractivity contribution in [3.63, 3.8) is 0 Å². The van der Waals surface area contributed by atoms with E-state index in [0.717, 1.165) is 17.7 Å². The zero-order valence-electron chi connectivity index (χ0n) is 11.0. The van der Waals surface area contributed by atoms with Crippen molar-refractivity contribution < 1.29 is 13.9 Å². The van der Waals surface area contributed by atoms with Gasteiger partial charge in [-0.1, -0.05) is 6.07 Å². The first-order valence-corrected chi connectivity index (χ1v) is 7.00. The number of benzene rings is 1. The molecule has 0 bridgehead atoms. The molecule has 7 heteroatoms. The van der Waals surface area contributed by atoms with Crippen LogP contribution >= 0.6 is 11.3 Å². The summed E-state index contributed by atoms with van der Waals surface area (Å²) in [5.41, 5.74) is 1.78. The van der Waals surface area contributed by atoms with E-state index in [1.165, 1.54) is 17.4 Å². The summed E-state index contributed by atoms with van der Waals surface area (Å²) in [5.74, 6) is -1.93. The quantitative estimate of drug-likeness (QED) is 0.809. The summed E-state index contributed by atoms with van der Waals surface area (Å²) >= 11 is 1.25. The van der Waals surface area contributed by atoms with Crippen LogP contribution in [-0.4, -0.2) is 19.9 Å². The maximum absolute atomic E-state index is 13.2. The van der Waals surface area contributed by atoms with Crippen LogP contribution in [0, 0.1) is 11.6 Å². The molecule has 4 nitrogen and oxygen atoms in total. The lowest BCUT2D eigenvalue weighted by Crippen LogP contribution is -2.00. The molecule has 3 aromatic rings. The fraction of sp³-hybridized carbons (Fsp3) is 0.143. The summed E-state index contributed by atoms with van der Waals surface area (Å²) in [6.07, 6.45) is 2.39. The van der Waals surface area contributed by atoms with E-state index in [0.29, 0.717) is 10.7 Å². The molecular formula is C14H11F2N3OS. The number of nitrogens with zero attached hydrogens (tertiary/aromatic N) is 3. The van der Waals surface area contributed by atoms with E-state index in [4.69, 9.17) is 0 Å². The number of rotatable bonds is 3. The summed E-state index contributed by atoms with van der Waals surface area (Å²) < 4.78 is 27.8. The van der Waals surface area contributed by atoms with Crippen LogP contribution < -0.4 is 0 Å². The number of aryl methyl sites for hydroxylation is 1. The molecule has 1 unspecified atom stereocenters. The maximum atomic E-state index is 13.2. The molecule has 0 aliphatic rings. The Labute approximate surface area is 123 Å². The third-order valence-corrected chi connectivity index (χ3v) is 3.91. The minimum Gasteiger partial charge on any atom is -0.381 e. The third kappa shape index (κ3) is 2.70. The number of hydrogen-bond donors (Lipinski definition) is 1. The molecule has 0 spiro atoms. The van der Waals surface area contributed by atoms with Gasteiger partial charge < -0.3 is 5.11 Å². The molecule has 0 amide bonds. The predicted molar refractivity (Wildman–Crippen MR) is 74.7 cm³/mol. The van der Waals surface area contributed by atoms with Gasteiger partial charge in [0, 0.05) is 24.2 Å². The van der Waals surface area contributed by atoms with Crippen molar-refractivity contribution in [3.8, 4) is 11.3 Å². The van der Waals surface area contributed by atoms with Crippen LogP contribution in [0.15, 0.2) is 36.0 Å².